The fraction of sp³-hybridized carbons (Fsp3) is 0.811. The van der Waals surface area contributed by atoms with Gasteiger partial charge >= 0.3 is 35.8 Å². The number of ether oxygens (including phenoxy) is 8. The summed E-state index contributed by atoms with van der Waals surface area (Å²) >= 11 is 0. The highest BCUT2D eigenvalue weighted by Gasteiger charge is 2.51. The molecule has 19 heteroatoms. The number of aliphatic hydroxyl groups is 1. The van der Waals surface area contributed by atoms with Crippen LogP contribution in [0, 0.1) is 41.4 Å². The molecule has 2 rings (SSSR count). The Balaban J connectivity index is 2.54. The Hall–Kier alpha value is -3.91. The number of hydrogen-bond acceptors (Lipinski definition) is 17. The van der Waals surface area contributed by atoms with Gasteiger partial charge in [0.15, 0.2) is 5.79 Å². The van der Waals surface area contributed by atoms with Crippen molar-refractivity contribution in [2.45, 2.75) is 216 Å². The summed E-state index contributed by atoms with van der Waals surface area (Å²) in [6.07, 6.45) is 0.446. The van der Waals surface area contributed by atoms with E-state index in [-0.39, 0.29) is 73.7 Å². The zero-order chi connectivity index (χ0) is 54.7. The third-order valence-electron chi connectivity index (χ3n) is 13.1. The van der Waals surface area contributed by atoms with Gasteiger partial charge in [-0.05, 0) is 87.0 Å². The second-order valence-electron chi connectivity index (χ2n) is 21.4. The molecule has 0 aromatic rings. The van der Waals surface area contributed by atoms with Crippen LogP contribution in [0.15, 0.2) is 23.3 Å². The van der Waals surface area contributed by atoms with E-state index in [0.717, 1.165) is 0 Å². The van der Waals surface area contributed by atoms with Gasteiger partial charge in [0, 0.05) is 63.4 Å². The smallest absolute Gasteiger partial charge is 0.333 e. The highest BCUT2D eigenvalue weighted by Crippen LogP contribution is 2.46. The standard InChI is InChI=1S/C53H88O18S/c1-15-45(55)67-41(20-19-37(10)52(60)64-14)39(12)51(66-40(13)54)43(68-47(57)23-31(2)3)28-38(11)50(69-48(58)24-32(4)5)44-26-35(8)30-53(71-44)29-34(7)25-42(70-53)49(59)36(9)18-16-17-33(6)27-46(56)65-21-22-72(61,62)63/h18-19,31-35,38-39,41-44,49-51,59H,15-17,20-30H2,1-14H3,(H,61,62,63)/b36-18+,37-19+/t33-,34+,35-,38-,39-,41-,42-,43+,44-,49-,50-,51+,53-/m0/s1. The number of hydrogen-bond donors (Lipinski definition) is 2. The van der Waals surface area contributed by atoms with Crippen LogP contribution < -0.4 is 0 Å². The first-order valence-electron chi connectivity index (χ1n) is 25.8. The number of esters is 6. The van der Waals surface area contributed by atoms with Crippen LogP contribution in [0.4, 0.5) is 0 Å². The van der Waals surface area contributed by atoms with Gasteiger partial charge < -0.3 is 43.0 Å². The fourth-order valence-electron chi connectivity index (χ4n) is 9.56. The van der Waals surface area contributed by atoms with Crippen molar-refractivity contribution in [1.82, 2.24) is 0 Å². The first-order chi connectivity index (χ1) is 33.5. The SMILES string of the molecule is CCC(=O)O[C@@H](C/C=C(\C)C(=O)OC)[C@H](C)[C@@H](OC(C)=O)[C@@H](C[C@H](C)[C@H](OC(=O)CC(C)C)[C@@H]1C[C@H](C)C[C@]2(C[C@H](C)C[C@@H]([C@@H](O)/C(C)=C/CC[C@H](C)CC(=O)OCCS(=O)(=O)O)O2)O1)OC(=O)CC(C)C. The molecule has 72 heavy (non-hydrogen) atoms. The summed E-state index contributed by atoms with van der Waals surface area (Å²) in [7, 11) is -2.99. The van der Waals surface area contributed by atoms with E-state index in [1.165, 1.54) is 14.0 Å². The minimum Gasteiger partial charge on any atom is -0.466 e. The van der Waals surface area contributed by atoms with Crippen LogP contribution in [-0.2, 0) is 76.8 Å². The van der Waals surface area contributed by atoms with Crippen molar-refractivity contribution in [3.63, 3.8) is 0 Å². The number of methoxy groups -OCH3 is 1. The molecule has 2 heterocycles. The van der Waals surface area contributed by atoms with Crippen molar-refractivity contribution in [1.29, 1.82) is 0 Å². The van der Waals surface area contributed by atoms with Crippen LogP contribution in [0.1, 0.15) is 167 Å². The number of rotatable bonds is 29. The molecule has 1 spiro atoms. The molecule has 414 valence electrons. The Kier molecular flexibility index (Phi) is 27.2. The van der Waals surface area contributed by atoms with Gasteiger partial charge in [-0.25, -0.2) is 4.79 Å². The molecular weight excluding hydrogens is 957 g/mol. The van der Waals surface area contributed by atoms with Crippen LogP contribution in [0.25, 0.3) is 0 Å². The van der Waals surface area contributed by atoms with Crippen molar-refractivity contribution >= 4 is 45.9 Å². The average Bonchev–Trinajstić information content (AvgIpc) is 3.25. The van der Waals surface area contributed by atoms with E-state index in [9.17, 15) is 42.3 Å². The highest BCUT2D eigenvalue weighted by atomic mass is 32.2. The lowest BCUT2D eigenvalue weighted by atomic mass is 9.79. The van der Waals surface area contributed by atoms with Crippen LogP contribution in [0.5, 0.6) is 0 Å². The molecule has 0 aromatic heterocycles. The van der Waals surface area contributed by atoms with Crippen LogP contribution >= 0.6 is 0 Å². The molecule has 2 saturated heterocycles. The number of carbonyl (C=O) groups excluding carboxylic acids is 6. The van der Waals surface area contributed by atoms with Crippen LogP contribution in [-0.4, -0.2) is 122 Å². The quantitative estimate of drug-likeness (QED) is 0.0235. The van der Waals surface area contributed by atoms with Crippen molar-refractivity contribution < 1.29 is 84.7 Å². The summed E-state index contributed by atoms with van der Waals surface area (Å²) in [5, 5.41) is 11.8. The zero-order valence-electron chi connectivity index (χ0n) is 45.5. The molecule has 2 fully saturated rings. The van der Waals surface area contributed by atoms with Gasteiger partial charge in [-0.2, -0.15) is 8.42 Å². The van der Waals surface area contributed by atoms with Crippen molar-refractivity contribution in [3.8, 4) is 0 Å². The largest absolute Gasteiger partial charge is 0.466 e. The van der Waals surface area contributed by atoms with E-state index in [4.69, 9.17) is 42.4 Å². The number of allylic oxidation sites excluding steroid dienone is 1. The van der Waals surface area contributed by atoms with Crippen molar-refractivity contribution in [3.05, 3.63) is 23.3 Å². The Morgan fingerprint density at radius 1 is 0.750 bits per heavy atom. The molecule has 0 radical (unpaired) electrons. The maximum atomic E-state index is 13.7. The van der Waals surface area contributed by atoms with Crippen molar-refractivity contribution in [2.75, 3.05) is 19.5 Å². The van der Waals surface area contributed by atoms with Gasteiger partial charge in [0.25, 0.3) is 10.1 Å². The summed E-state index contributed by atoms with van der Waals surface area (Å²) in [4.78, 5) is 77.7. The molecule has 18 nitrogen and oxygen atoms in total. The maximum Gasteiger partial charge on any atom is 0.333 e. The molecule has 0 saturated carbocycles. The van der Waals surface area contributed by atoms with E-state index in [1.54, 1.807) is 26.8 Å². The van der Waals surface area contributed by atoms with Gasteiger partial charge in [0.1, 0.15) is 42.9 Å². The van der Waals surface area contributed by atoms with E-state index >= 15 is 0 Å². The second-order valence-corrected chi connectivity index (χ2v) is 23.0. The maximum absolute atomic E-state index is 13.7. The lowest BCUT2D eigenvalue weighted by Crippen LogP contribution is -2.57. The number of aliphatic hydroxyl groups excluding tert-OH is 1. The summed E-state index contributed by atoms with van der Waals surface area (Å²) in [6.45, 7) is 23.0. The molecule has 0 amide bonds. The van der Waals surface area contributed by atoms with Gasteiger partial charge in [0.05, 0.1) is 19.3 Å². The first-order valence-corrected chi connectivity index (χ1v) is 27.4. The molecular formula is C53H88O18S. The van der Waals surface area contributed by atoms with Gasteiger partial charge in [-0.15, -0.1) is 0 Å². The molecule has 0 bridgehead atoms. The molecule has 0 unspecified atom stereocenters. The molecule has 0 aliphatic carbocycles. The molecule has 0 aromatic carbocycles. The first kappa shape index (κ1) is 64.2. The lowest BCUT2D eigenvalue weighted by molar-refractivity contribution is -0.347. The monoisotopic (exact) mass is 1040 g/mol. The summed E-state index contributed by atoms with van der Waals surface area (Å²) < 4.78 is 79.1. The predicted octanol–water partition coefficient (Wildman–Crippen LogP) is 8.20. The minimum absolute atomic E-state index is 0.00666. The zero-order valence-corrected chi connectivity index (χ0v) is 46.3. The molecule has 2 aliphatic rings. The lowest BCUT2D eigenvalue weighted by Gasteiger charge is -2.52. The van der Waals surface area contributed by atoms with E-state index in [1.807, 2.05) is 54.5 Å². The fourth-order valence-corrected chi connectivity index (χ4v) is 9.85. The normalized spacial score (nSPS) is 24.2. The van der Waals surface area contributed by atoms with Gasteiger partial charge in [-0.3, -0.25) is 28.5 Å². The number of carbonyl (C=O) groups is 6. The summed E-state index contributed by atoms with van der Waals surface area (Å²) in [6, 6.07) is 0. The Morgan fingerprint density at radius 2 is 1.31 bits per heavy atom. The topological polar surface area (TPSA) is 251 Å². The second kappa shape index (κ2) is 30.5. The Labute approximate surface area is 429 Å². The third kappa shape index (κ3) is 23.1. The summed E-state index contributed by atoms with van der Waals surface area (Å²) in [5.74, 6) is -6.72. The highest BCUT2D eigenvalue weighted by molar-refractivity contribution is 7.85. The molecule has 2 aliphatic heterocycles. The van der Waals surface area contributed by atoms with E-state index in [0.29, 0.717) is 44.1 Å². The van der Waals surface area contributed by atoms with Crippen LogP contribution in [0.3, 0.4) is 0 Å². The molecule has 2 N–H and O–H groups in total. The third-order valence-corrected chi connectivity index (χ3v) is 13.8. The Morgan fingerprint density at radius 3 is 1.85 bits per heavy atom. The summed E-state index contributed by atoms with van der Waals surface area (Å²) in [5.41, 5.74) is 0.951. The van der Waals surface area contributed by atoms with Crippen molar-refractivity contribution in [2.24, 2.45) is 41.4 Å². The van der Waals surface area contributed by atoms with Gasteiger partial charge in [-0.1, -0.05) is 81.4 Å². The van der Waals surface area contributed by atoms with Gasteiger partial charge in [0.2, 0.25) is 0 Å². The van der Waals surface area contributed by atoms with E-state index in [2.05, 4.69) is 13.8 Å². The predicted molar refractivity (Wildman–Crippen MR) is 267 cm³/mol. The van der Waals surface area contributed by atoms with Crippen LogP contribution in [0.2, 0.25) is 0 Å². The average molecular weight is 1050 g/mol. The molecule has 13 atom stereocenters. The minimum atomic E-state index is -4.25. The van der Waals surface area contributed by atoms with E-state index < -0.39 is 119 Å². The Bertz CT molecular complexity index is 1940.